The molecule has 0 radical (unpaired) electrons. The van der Waals surface area contributed by atoms with Crippen LogP contribution in [0.4, 0.5) is 0 Å². The number of hydrogen-bond donors (Lipinski definition) is 2. The quantitative estimate of drug-likeness (QED) is 0.649. The van der Waals surface area contributed by atoms with Gasteiger partial charge in [-0.2, -0.15) is 0 Å². The van der Waals surface area contributed by atoms with Gasteiger partial charge in [-0.05, 0) is 6.42 Å². The van der Waals surface area contributed by atoms with E-state index in [0.717, 1.165) is 17.9 Å². The molecule has 0 bridgehead atoms. The molecule has 1 aromatic heterocycles. The molecule has 0 fully saturated rings. The standard InChI is InChI=1S/C6H6N2O2S.C2H6/c9-5-4-3(1-2-11-4)7-6(10)8-5;1-2/h1-2H2,(H2,7,8,9,10);1-2H3. The van der Waals surface area contributed by atoms with Crippen LogP contribution in [0.2, 0.25) is 0 Å². The van der Waals surface area contributed by atoms with E-state index in [1.54, 1.807) is 0 Å². The molecular formula is C8H12N2O2S. The Balaban J connectivity index is 0.000000396. The fraction of sp³-hybridized carbons (Fsp3) is 0.500. The Morgan fingerprint density at radius 3 is 2.62 bits per heavy atom. The van der Waals surface area contributed by atoms with Crippen molar-refractivity contribution in [3.8, 4) is 0 Å². The molecule has 2 N–H and O–H groups in total. The summed E-state index contributed by atoms with van der Waals surface area (Å²) in [6.45, 7) is 4.00. The highest BCUT2D eigenvalue weighted by Crippen LogP contribution is 2.24. The van der Waals surface area contributed by atoms with Crippen molar-refractivity contribution in [2.75, 3.05) is 5.75 Å². The number of nitrogens with one attached hydrogen (secondary N) is 2. The van der Waals surface area contributed by atoms with Crippen LogP contribution in [0.1, 0.15) is 19.5 Å². The average molecular weight is 200 g/mol. The zero-order chi connectivity index (χ0) is 9.84. The van der Waals surface area contributed by atoms with Crippen molar-refractivity contribution in [2.24, 2.45) is 0 Å². The summed E-state index contributed by atoms with van der Waals surface area (Å²) in [6, 6.07) is 0. The van der Waals surface area contributed by atoms with Gasteiger partial charge < -0.3 is 4.98 Å². The second kappa shape index (κ2) is 4.32. The van der Waals surface area contributed by atoms with Crippen LogP contribution in [0.25, 0.3) is 0 Å². The first kappa shape index (κ1) is 10.1. The summed E-state index contributed by atoms with van der Waals surface area (Å²) in [5, 5.41) is 0. The third-order valence-electron chi connectivity index (χ3n) is 1.57. The molecule has 1 aliphatic heterocycles. The number of hydrogen-bond acceptors (Lipinski definition) is 3. The van der Waals surface area contributed by atoms with Crippen LogP contribution < -0.4 is 11.2 Å². The van der Waals surface area contributed by atoms with Crippen LogP contribution in [0.5, 0.6) is 0 Å². The molecule has 1 aliphatic rings. The van der Waals surface area contributed by atoms with E-state index in [2.05, 4.69) is 9.97 Å². The summed E-state index contributed by atoms with van der Waals surface area (Å²) in [5.41, 5.74) is 0.117. The van der Waals surface area contributed by atoms with E-state index in [-0.39, 0.29) is 5.56 Å². The van der Waals surface area contributed by atoms with Gasteiger partial charge in [0, 0.05) is 11.4 Å². The Morgan fingerprint density at radius 1 is 1.23 bits per heavy atom. The maximum atomic E-state index is 11.0. The maximum Gasteiger partial charge on any atom is 0.325 e. The summed E-state index contributed by atoms with van der Waals surface area (Å²) in [7, 11) is 0. The van der Waals surface area contributed by atoms with E-state index in [1.165, 1.54) is 11.8 Å². The highest BCUT2D eigenvalue weighted by atomic mass is 32.2. The van der Waals surface area contributed by atoms with E-state index in [0.29, 0.717) is 4.90 Å². The van der Waals surface area contributed by atoms with E-state index in [9.17, 15) is 9.59 Å². The molecule has 72 valence electrons. The molecule has 2 rings (SSSR count). The SMILES string of the molecule is CC.O=c1[nH]c2c(c(=O)[nH]1)SCC2. The van der Waals surface area contributed by atoms with E-state index < -0.39 is 5.69 Å². The van der Waals surface area contributed by atoms with Gasteiger partial charge in [-0.3, -0.25) is 9.78 Å². The molecule has 0 saturated carbocycles. The minimum atomic E-state index is -0.406. The number of thioether (sulfide) groups is 1. The second-order valence-electron chi connectivity index (χ2n) is 2.31. The molecule has 0 aromatic carbocycles. The molecule has 0 atom stereocenters. The summed E-state index contributed by atoms with van der Waals surface area (Å²) in [4.78, 5) is 27.2. The molecule has 4 nitrogen and oxygen atoms in total. The molecule has 1 aromatic rings. The van der Waals surface area contributed by atoms with E-state index in [1.807, 2.05) is 13.8 Å². The van der Waals surface area contributed by atoms with Crippen molar-refractivity contribution in [3.05, 3.63) is 26.5 Å². The second-order valence-corrected chi connectivity index (χ2v) is 3.42. The molecule has 0 saturated heterocycles. The highest BCUT2D eigenvalue weighted by molar-refractivity contribution is 7.99. The first-order chi connectivity index (χ1) is 6.27. The van der Waals surface area contributed by atoms with Gasteiger partial charge in [-0.25, -0.2) is 4.79 Å². The van der Waals surface area contributed by atoms with Gasteiger partial charge in [-0.1, -0.05) is 13.8 Å². The van der Waals surface area contributed by atoms with Gasteiger partial charge in [0.25, 0.3) is 5.56 Å². The lowest BCUT2D eigenvalue weighted by Gasteiger charge is -1.92. The van der Waals surface area contributed by atoms with Crippen molar-refractivity contribution >= 4 is 11.8 Å². The summed E-state index contributed by atoms with van der Waals surface area (Å²) in [5.74, 6) is 0.887. The summed E-state index contributed by atoms with van der Waals surface area (Å²) in [6.07, 6.45) is 0.791. The molecule has 0 unspecified atom stereocenters. The molecule has 0 aliphatic carbocycles. The first-order valence-electron chi connectivity index (χ1n) is 4.25. The Kier molecular flexibility index (Phi) is 3.36. The van der Waals surface area contributed by atoms with Crippen molar-refractivity contribution in [2.45, 2.75) is 25.2 Å². The zero-order valence-electron chi connectivity index (χ0n) is 7.64. The molecule has 13 heavy (non-hydrogen) atoms. The van der Waals surface area contributed by atoms with Gasteiger partial charge in [0.05, 0.1) is 4.90 Å². The number of fused-ring (bicyclic) bond motifs is 1. The van der Waals surface area contributed by atoms with Gasteiger partial charge in [-0.15, -0.1) is 11.8 Å². The minimum Gasteiger partial charge on any atom is -0.310 e. The number of aromatic amines is 2. The third-order valence-corrected chi connectivity index (χ3v) is 2.70. The molecular weight excluding hydrogens is 188 g/mol. The lowest BCUT2D eigenvalue weighted by molar-refractivity contribution is 0.902. The topological polar surface area (TPSA) is 65.7 Å². The Hall–Kier alpha value is -0.970. The maximum absolute atomic E-state index is 11.0. The predicted molar refractivity (Wildman–Crippen MR) is 53.5 cm³/mol. The lowest BCUT2D eigenvalue weighted by Crippen LogP contribution is -2.24. The van der Waals surface area contributed by atoms with Crippen LogP contribution in [0, 0.1) is 0 Å². The number of aromatic nitrogens is 2. The normalized spacial score (nSPS) is 13.1. The van der Waals surface area contributed by atoms with E-state index in [4.69, 9.17) is 0 Å². The minimum absolute atomic E-state index is 0.258. The highest BCUT2D eigenvalue weighted by Gasteiger charge is 2.15. The molecule has 0 amide bonds. The fourth-order valence-electron chi connectivity index (χ4n) is 1.11. The van der Waals surface area contributed by atoms with Crippen LogP contribution in [0.3, 0.4) is 0 Å². The first-order valence-corrected chi connectivity index (χ1v) is 5.24. The smallest absolute Gasteiger partial charge is 0.310 e. The van der Waals surface area contributed by atoms with Crippen LogP contribution in [0.15, 0.2) is 14.5 Å². The number of rotatable bonds is 0. The fourth-order valence-corrected chi connectivity index (χ4v) is 2.13. The van der Waals surface area contributed by atoms with Crippen LogP contribution in [-0.2, 0) is 6.42 Å². The van der Waals surface area contributed by atoms with Gasteiger partial charge in [0.2, 0.25) is 0 Å². The van der Waals surface area contributed by atoms with Crippen molar-refractivity contribution < 1.29 is 0 Å². The Labute approximate surface area is 79.8 Å². The Morgan fingerprint density at radius 2 is 1.92 bits per heavy atom. The van der Waals surface area contributed by atoms with E-state index >= 15 is 0 Å². The lowest BCUT2D eigenvalue weighted by atomic mass is 10.3. The summed E-state index contributed by atoms with van der Waals surface area (Å²) < 4.78 is 0. The van der Waals surface area contributed by atoms with Gasteiger partial charge >= 0.3 is 5.69 Å². The van der Waals surface area contributed by atoms with Crippen LogP contribution in [-0.4, -0.2) is 15.7 Å². The average Bonchev–Trinajstić information content (AvgIpc) is 2.55. The molecule has 2 heterocycles. The Bertz CT molecular complexity index is 394. The zero-order valence-corrected chi connectivity index (χ0v) is 8.46. The largest absolute Gasteiger partial charge is 0.325 e. The van der Waals surface area contributed by atoms with Gasteiger partial charge in [0.15, 0.2) is 0 Å². The summed E-state index contributed by atoms with van der Waals surface area (Å²) >= 11 is 1.49. The third kappa shape index (κ3) is 2.03. The molecule has 0 spiro atoms. The monoisotopic (exact) mass is 200 g/mol. The van der Waals surface area contributed by atoms with Gasteiger partial charge in [0.1, 0.15) is 0 Å². The predicted octanol–water partition coefficient (Wildman–Crippen LogP) is 0.738. The van der Waals surface area contributed by atoms with Crippen LogP contribution >= 0.6 is 11.8 Å². The van der Waals surface area contributed by atoms with Crippen molar-refractivity contribution in [3.63, 3.8) is 0 Å². The molecule has 5 heteroatoms. The van der Waals surface area contributed by atoms with Crippen molar-refractivity contribution in [1.29, 1.82) is 0 Å². The number of H-pyrrole nitrogens is 2. The number of aryl methyl sites for hydroxylation is 1. The van der Waals surface area contributed by atoms with Crippen molar-refractivity contribution in [1.82, 2.24) is 9.97 Å².